The van der Waals surface area contributed by atoms with Crippen molar-refractivity contribution >= 4 is 0 Å². The van der Waals surface area contributed by atoms with E-state index < -0.39 is 0 Å². The zero-order chi connectivity index (χ0) is 14.0. The Morgan fingerprint density at radius 1 is 1.32 bits per heavy atom. The van der Waals surface area contributed by atoms with Crippen LogP contribution >= 0.6 is 0 Å². The van der Waals surface area contributed by atoms with Gasteiger partial charge in [-0.05, 0) is 51.0 Å². The molecule has 0 saturated carbocycles. The second-order valence-corrected chi connectivity index (χ2v) is 4.85. The van der Waals surface area contributed by atoms with Crippen LogP contribution in [0, 0.1) is 13.8 Å². The van der Waals surface area contributed by atoms with Gasteiger partial charge in [0.1, 0.15) is 5.75 Å². The first-order valence-electron chi connectivity index (χ1n) is 6.59. The Morgan fingerprint density at radius 2 is 2.05 bits per heavy atom. The lowest BCUT2D eigenvalue weighted by Gasteiger charge is -2.12. The fraction of sp³-hybridized carbons (Fsp3) is 0.400. The molecule has 2 N–H and O–H groups in total. The monoisotopic (exact) mass is 259 g/mol. The van der Waals surface area contributed by atoms with Crippen LogP contribution in [-0.4, -0.2) is 9.55 Å². The summed E-state index contributed by atoms with van der Waals surface area (Å²) in [5, 5.41) is 0. The molecule has 0 saturated heterocycles. The molecule has 2 aromatic rings. The van der Waals surface area contributed by atoms with E-state index in [4.69, 9.17) is 10.5 Å². The molecule has 1 heterocycles. The molecule has 4 nitrogen and oxygen atoms in total. The van der Waals surface area contributed by atoms with Crippen LogP contribution in [0.5, 0.6) is 11.8 Å². The first-order valence-corrected chi connectivity index (χ1v) is 6.59. The molecular formula is C15H21N3O. The summed E-state index contributed by atoms with van der Waals surface area (Å²) in [5.74, 6) is 0.805. The van der Waals surface area contributed by atoms with Gasteiger partial charge in [-0.2, -0.15) is 0 Å². The maximum absolute atomic E-state index is 5.92. The van der Waals surface area contributed by atoms with Gasteiger partial charge in [-0.3, -0.25) is 4.57 Å². The molecule has 0 fully saturated rings. The lowest BCUT2D eigenvalue weighted by Crippen LogP contribution is -2.12. The van der Waals surface area contributed by atoms with E-state index in [2.05, 4.69) is 31.8 Å². The summed E-state index contributed by atoms with van der Waals surface area (Å²) in [6, 6.07) is 6.58. The van der Waals surface area contributed by atoms with Crippen LogP contribution in [0.3, 0.4) is 0 Å². The Morgan fingerprint density at radius 3 is 2.63 bits per heavy atom. The fourth-order valence-electron chi connectivity index (χ4n) is 2.02. The van der Waals surface area contributed by atoms with Crippen molar-refractivity contribution in [3.8, 4) is 11.8 Å². The summed E-state index contributed by atoms with van der Waals surface area (Å²) in [4.78, 5) is 4.32. The molecular weight excluding hydrogens is 238 g/mol. The number of nitrogens with two attached hydrogens (primary N) is 1. The molecule has 102 valence electrons. The zero-order valence-electron chi connectivity index (χ0n) is 12.0. The fourth-order valence-corrected chi connectivity index (χ4v) is 2.02. The standard InChI is InChI=1S/C15H21N3O/c1-5-18-14(12(4)16)9-17-15(18)19-13-7-6-10(2)11(3)8-13/h6-9,12H,5,16H2,1-4H3. The van der Waals surface area contributed by atoms with Gasteiger partial charge in [0.05, 0.1) is 11.9 Å². The zero-order valence-corrected chi connectivity index (χ0v) is 12.0. The molecule has 0 bridgehead atoms. The number of rotatable bonds is 4. The third-order valence-corrected chi connectivity index (χ3v) is 3.32. The van der Waals surface area contributed by atoms with Crippen molar-refractivity contribution in [3.63, 3.8) is 0 Å². The van der Waals surface area contributed by atoms with E-state index in [1.807, 2.05) is 23.6 Å². The van der Waals surface area contributed by atoms with Crippen LogP contribution in [0.4, 0.5) is 0 Å². The molecule has 0 aliphatic rings. The highest BCUT2D eigenvalue weighted by Gasteiger charge is 2.13. The minimum Gasteiger partial charge on any atom is -0.426 e. The quantitative estimate of drug-likeness (QED) is 0.916. The number of benzene rings is 1. The normalized spacial score (nSPS) is 12.5. The van der Waals surface area contributed by atoms with Gasteiger partial charge < -0.3 is 10.5 Å². The van der Waals surface area contributed by atoms with Crippen molar-refractivity contribution in [2.75, 3.05) is 0 Å². The van der Waals surface area contributed by atoms with Crippen LogP contribution in [0.15, 0.2) is 24.4 Å². The van der Waals surface area contributed by atoms with Crippen LogP contribution in [-0.2, 0) is 6.54 Å². The van der Waals surface area contributed by atoms with E-state index in [0.717, 1.165) is 18.0 Å². The van der Waals surface area contributed by atoms with Gasteiger partial charge in [0.2, 0.25) is 0 Å². The highest BCUT2D eigenvalue weighted by atomic mass is 16.5. The molecule has 0 spiro atoms. The molecule has 4 heteroatoms. The molecule has 19 heavy (non-hydrogen) atoms. The third-order valence-electron chi connectivity index (χ3n) is 3.32. The number of nitrogens with zero attached hydrogens (tertiary/aromatic N) is 2. The maximum atomic E-state index is 5.92. The first kappa shape index (κ1) is 13.6. The highest BCUT2D eigenvalue weighted by Crippen LogP contribution is 2.25. The predicted octanol–water partition coefficient (Wildman–Crippen LogP) is 3.33. The van der Waals surface area contributed by atoms with Gasteiger partial charge in [-0.15, -0.1) is 0 Å². The predicted molar refractivity (Wildman–Crippen MR) is 76.5 cm³/mol. The van der Waals surface area contributed by atoms with Gasteiger partial charge in [0, 0.05) is 12.6 Å². The molecule has 1 atom stereocenters. The number of hydrogen-bond donors (Lipinski definition) is 1. The molecule has 0 radical (unpaired) electrons. The van der Waals surface area contributed by atoms with Crippen molar-refractivity contribution in [2.45, 2.75) is 40.3 Å². The number of aromatic nitrogens is 2. The topological polar surface area (TPSA) is 53.1 Å². The van der Waals surface area contributed by atoms with Crippen molar-refractivity contribution in [1.29, 1.82) is 0 Å². The van der Waals surface area contributed by atoms with E-state index in [9.17, 15) is 0 Å². The van der Waals surface area contributed by atoms with Crippen LogP contribution < -0.4 is 10.5 Å². The second kappa shape index (κ2) is 5.45. The van der Waals surface area contributed by atoms with Gasteiger partial charge in [-0.25, -0.2) is 4.98 Å². The summed E-state index contributed by atoms with van der Waals surface area (Å²) in [5.41, 5.74) is 9.37. The lowest BCUT2D eigenvalue weighted by molar-refractivity contribution is 0.409. The van der Waals surface area contributed by atoms with E-state index >= 15 is 0 Å². The van der Waals surface area contributed by atoms with E-state index in [0.29, 0.717) is 6.01 Å². The molecule has 2 rings (SSSR count). The van der Waals surface area contributed by atoms with Crippen molar-refractivity contribution in [1.82, 2.24) is 9.55 Å². The summed E-state index contributed by atoms with van der Waals surface area (Å²) >= 11 is 0. The molecule has 1 unspecified atom stereocenters. The minimum absolute atomic E-state index is 0.0513. The van der Waals surface area contributed by atoms with Crippen molar-refractivity contribution in [3.05, 3.63) is 41.2 Å². The number of imidazole rings is 1. The van der Waals surface area contributed by atoms with Crippen LogP contribution in [0.25, 0.3) is 0 Å². The molecule has 1 aromatic heterocycles. The van der Waals surface area contributed by atoms with E-state index in [-0.39, 0.29) is 6.04 Å². The molecule has 0 amide bonds. The number of hydrogen-bond acceptors (Lipinski definition) is 3. The SMILES string of the molecule is CCn1c(C(C)N)cnc1Oc1ccc(C)c(C)c1. The van der Waals surface area contributed by atoms with Gasteiger partial charge in [-0.1, -0.05) is 6.07 Å². The summed E-state index contributed by atoms with van der Waals surface area (Å²) in [6.45, 7) is 8.95. The largest absolute Gasteiger partial charge is 0.426 e. The van der Waals surface area contributed by atoms with Crippen LogP contribution in [0.1, 0.15) is 36.7 Å². The lowest BCUT2D eigenvalue weighted by atomic mass is 10.1. The first-order chi connectivity index (χ1) is 9.02. The van der Waals surface area contributed by atoms with Gasteiger partial charge in [0.25, 0.3) is 0 Å². The summed E-state index contributed by atoms with van der Waals surface area (Å²) in [7, 11) is 0. The Bertz CT molecular complexity index is 573. The average Bonchev–Trinajstić information content (AvgIpc) is 2.76. The number of aryl methyl sites for hydroxylation is 2. The van der Waals surface area contributed by atoms with Crippen LogP contribution in [0.2, 0.25) is 0 Å². The highest BCUT2D eigenvalue weighted by molar-refractivity contribution is 5.35. The summed E-state index contributed by atoms with van der Waals surface area (Å²) < 4.78 is 7.86. The molecule has 1 aromatic carbocycles. The van der Waals surface area contributed by atoms with Gasteiger partial charge >= 0.3 is 6.01 Å². The Hall–Kier alpha value is -1.81. The van der Waals surface area contributed by atoms with Crippen molar-refractivity contribution in [2.24, 2.45) is 5.73 Å². The Labute approximate surface area is 114 Å². The molecule has 0 aliphatic heterocycles. The maximum Gasteiger partial charge on any atom is 0.302 e. The Balaban J connectivity index is 2.30. The third kappa shape index (κ3) is 2.79. The molecule has 0 aliphatic carbocycles. The smallest absolute Gasteiger partial charge is 0.302 e. The van der Waals surface area contributed by atoms with E-state index in [1.165, 1.54) is 11.1 Å². The Kier molecular flexibility index (Phi) is 3.90. The average molecular weight is 259 g/mol. The van der Waals surface area contributed by atoms with Gasteiger partial charge in [0.15, 0.2) is 0 Å². The minimum atomic E-state index is -0.0513. The van der Waals surface area contributed by atoms with E-state index in [1.54, 1.807) is 6.20 Å². The summed E-state index contributed by atoms with van der Waals surface area (Å²) in [6.07, 6.45) is 1.78. The number of ether oxygens (including phenoxy) is 1. The van der Waals surface area contributed by atoms with Crippen molar-refractivity contribution < 1.29 is 4.74 Å². The second-order valence-electron chi connectivity index (χ2n) is 4.85.